The quantitative estimate of drug-likeness (QED) is 0.565. The third-order valence-corrected chi connectivity index (χ3v) is 1.77. The van der Waals surface area contributed by atoms with Gasteiger partial charge in [-0.2, -0.15) is 0 Å². The number of carbonyl (C=O) groups is 2. The van der Waals surface area contributed by atoms with Gasteiger partial charge < -0.3 is 9.69 Å². The van der Waals surface area contributed by atoms with E-state index in [-0.39, 0.29) is 17.9 Å². The average Bonchev–Trinajstić information content (AvgIpc) is 1.88. The van der Waals surface area contributed by atoms with Crippen molar-refractivity contribution in [3.63, 3.8) is 0 Å². The SMILES string of the molecule is CC(=O)N(C)C(C=O)C(C)C. The van der Waals surface area contributed by atoms with Crippen LogP contribution in [-0.2, 0) is 9.59 Å². The fourth-order valence-electron chi connectivity index (χ4n) is 0.906. The van der Waals surface area contributed by atoms with Crippen LogP contribution in [0.15, 0.2) is 0 Å². The van der Waals surface area contributed by atoms with Crippen molar-refractivity contribution in [2.45, 2.75) is 26.8 Å². The monoisotopic (exact) mass is 157 g/mol. The number of hydrogen-bond donors (Lipinski definition) is 0. The van der Waals surface area contributed by atoms with Crippen LogP contribution in [0.2, 0.25) is 0 Å². The Morgan fingerprint density at radius 2 is 1.91 bits per heavy atom. The molecule has 1 atom stereocenters. The van der Waals surface area contributed by atoms with E-state index in [1.54, 1.807) is 7.05 Å². The van der Waals surface area contributed by atoms with Crippen molar-refractivity contribution < 1.29 is 9.59 Å². The zero-order valence-electron chi connectivity index (χ0n) is 7.50. The van der Waals surface area contributed by atoms with Gasteiger partial charge in [0.25, 0.3) is 0 Å². The van der Waals surface area contributed by atoms with Crippen molar-refractivity contribution in [3.05, 3.63) is 0 Å². The number of carbonyl (C=O) groups excluding carboxylic acids is 2. The van der Waals surface area contributed by atoms with Crippen LogP contribution in [0.4, 0.5) is 0 Å². The zero-order valence-corrected chi connectivity index (χ0v) is 7.50. The molecule has 0 fully saturated rings. The summed E-state index contributed by atoms with van der Waals surface area (Å²) in [5.41, 5.74) is 0. The average molecular weight is 157 g/mol. The Kier molecular flexibility index (Phi) is 3.79. The van der Waals surface area contributed by atoms with Crippen molar-refractivity contribution in [1.29, 1.82) is 0 Å². The molecule has 0 spiro atoms. The molecule has 0 aromatic heterocycles. The van der Waals surface area contributed by atoms with E-state index >= 15 is 0 Å². The molecule has 0 saturated heterocycles. The molecule has 0 N–H and O–H groups in total. The topological polar surface area (TPSA) is 37.4 Å². The molecule has 0 heterocycles. The van der Waals surface area contributed by atoms with Crippen LogP contribution in [-0.4, -0.2) is 30.2 Å². The molecule has 0 aliphatic heterocycles. The minimum Gasteiger partial charge on any atom is -0.336 e. The molecular formula is C8H15NO2. The molecule has 3 heteroatoms. The van der Waals surface area contributed by atoms with Crippen LogP contribution >= 0.6 is 0 Å². The van der Waals surface area contributed by atoms with Gasteiger partial charge in [-0.05, 0) is 5.92 Å². The van der Waals surface area contributed by atoms with Crippen LogP contribution in [0.5, 0.6) is 0 Å². The molecule has 0 aromatic rings. The first-order valence-electron chi connectivity index (χ1n) is 3.69. The van der Waals surface area contributed by atoms with E-state index in [9.17, 15) is 9.59 Å². The van der Waals surface area contributed by atoms with Gasteiger partial charge in [-0.15, -0.1) is 0 Å². The third kappa shape index (κ3) is 2.70. The molecule has 64 valence electrons. The summed E-state index contributed by atoms with van der Waals surface area (Å²) < 4.78 is 0. The predicted octanol–water partition coefficient (Wildman–Crippen LogP) is 0.688. The number of likely N-dealkylation sites (N-methyl/N-ethyl adjacent to an activating group) is 1. The van der Waals surface area contributed by atoms with Gasteiger partial charge in [0.05, 0.1) is 6.04 Å². The van der Waals surface area contributed by atoms with E-state index in [0.717, 1.165) is 6.29 Å². The fourth-order valence-corrected chi connectivity index (χ4v) is 0.906. The third-order valence-electron chi connectivity index (χ3n) is 1.77. The van der Waals surface area contributed by atoms with Gasteiger partial charge in [-0.1, -0.05) is 13.8 Å². The van der Waals surface area contributed by atoms with E-state index < -0.39 is 0 Å². The molecule has 0 bridgehead atoms. The van der Waals surface area contributed by atoms with Gasteiger partial charge in [0.1, 0.15) is 6.29 Å². The summed E-state index contributed by atoms with van der Waals surface area (Å²) in [4.78, 5) is 22.8. The van der Waals surface area contributed by atoms with Gasteiger partial charge in [-0.3, -0.25) is 4.79 Å². The number of hydrogen-bond acceptors (Lipinski definition) is 2. The molecule has 1 unspecified atom stereocenters. The first kappa shape index (κ1) is 10.1. The Labute approximate surface area is 67.4 Å². The van der Waals surface area contributed by atoms with E-state index in [0.29, 0.717) is 0 Å². The smallest absolute Gasteiger partial charge is 0.219 e. The molecule has 0 aliphatic rings. The largest absolute Gasteiger partial charge is 0.336 e. The molecule has 0 radical (unpaired) electrons. The maximum absolute atomic E-state index is 10.8. The summed E-state index contributed by atoms with van der Waals surface area (Å²) in [7, 11) is 1.64. The standard InChI is InChI=1S/C8H15NO2/c1-6(2)8(5-10)9(4)7(3)11/h5-6,8H,1-4H3. The molecular weight excluding hydrogens is 142 g/mol. The highest BCUT2D eigenvalue weighted by Gasteiger charge is 2.18. The summed E-state index contributed by atoms with van der Waals surface area (Å²) in [6.45, 7) is 5.29. The van der Waals surface area contributed by atoms with Crippen LogP contribution in [0.1, 0.15) is 20.8 Å². The van der Waals surface area contributed by atoms with Crippen LogP contribution in [0.25, 0.3) is 0 Å². The van der Waals surface area contributed by atoms with Crippen LogP contribution in [0.3, 0.4) is 0 Å². The minimum atomic E-state index is -0.285. The lowest BCUT2D eigenvalue weighted by molar-refractivity contribution is -0.133. The highest BCUT2D eigenvalue weighted by molar-refractivity contribution is 5.77. The first-order chi connectivity index (χ1) is 5.00. The summed E-state index contributed by atoms with van der Waals surface area (Å²) in [6.07, 6.45) is 0.812. The summed E-state index contributed by atoms with van der Waals surface area (Å²) >= 11 is 0. The molecule has 3 nitrogen and oxygen atoms in total. The maximum Gasteiger partial charge on any atom is 0.219 e. The highest BCUT2D eigenvalue weighted by atomic mass is 16.2. The van der Waals surface area contributed by atoms with Crippen molar-refractivity contribution in [1.82, 2.24) is 4.90 Å². The second kappa shape index (κ2) is 4.11. The number of rotatable bonds is 3. The second-order valence-electron chi connectivity index (χ2n) is 3.00. The lowest BCUT2D eigenvalue weighted by Crippen LogP contribution is -2.40. The zero-order chi connectivity index (χ0) is 9.02. The summed E-state index contributed by atoms with van der Waals surface area (Å²) in [6, 6.07) is -0.285. The van der Waals surface area contributed by atoms with E-state index in [2.05, 4.69) is 0 Å². The minimum absolute atomic E-state index is 0.0733. The Morgan fingerprint density at radius 1 is 1.45 bits per heavy atom. The van der Waals surface area contributed by atoms with Crippen molar-refractivity contribution >= 4 is 12.2 Å². The van der Waals surface area contributed by atoms with E-state index in [1.165, 1.54) is 11.8 Å². The van der Waals surface area contributed by atoms with Crippen molar-refractivity contribution in [2.75, 3.05) is 7.05 Å². The van der Waals surface area contributed by atoms with Crippen molar-refractivity contribution in [2.24, 2.45) is 5.92 Å². The molecule has 0 aliphatic carbocycles. The van der Waals surface area contributed by atoms with Gasteiger partial charge in [0.15, 0.2) is 0 Å². The highest BCUT2D eigenvalue weighted by Crippen LogP contribution is 2.05. The number of amides is 1. The van der Waals surface area contributed by atoms with E-state index in [4.69, 9.17) is 0 Å². The fraction of sp³-hybridized carbons (Fsp3) is 0.750. The normalized spacial score (nSPS) is 12.8. The molecule has 11 heavy (non-hydrogen) atoms. The van der Waals surface area contributed by atoms with Crippen LogP contribution in [0, 0.1) is 5.92 Å². The first-order valence-corrected chi connectivity index (χ1v) is 3.69. The molecule has 1 amide bonds. The van der Waals surface area contributed by atoms with Gasteiger partial charge in [-0.25, -0.2) is 0 Å². The molecule has 0 saturated carbocycles. The Balaban J connectivity index is 4.25. The Morgan fingerprint density at radius 3 is 2.00 bits per heavy atom. The number of aldehydes is 1. The van der Waals surface area contributed by atoms with Gasteiger partial charge in [0, 0.05) is 14.0 Å². The second-order valence-corrected chi connectivity index (χ2v) is 3.00. The number of nitrogens with zero attached hydrogens (tertiary/aromatic N) is 1. The van der Waals surface area contributed by atoms with Crippen molar-refractivity contribution in [3.8, 4) is 0 Å². The summed E-state index contributed by atoms with van der Waals surface area (Å²) in [5.74, 6) is 0.109. The Bertz CT molecular complexity index is 154. The molecule has 0 rings (SSSR count). The van der Waals surface area contributed by atoms with Crippen LogP contribution < -0.4 is 0 Å². The Hall–Kier alpha value is -0.860. The van der Waals surface area contributed by atoms with Gasteiger partial charge in [0.2, 0.25) is 5.91 Å². The lowest BCUT2D eigenvalue weighted by atomic mass is 10.1. The summed E-state index contributed by atoms with van der Waals surface area (Å²) in [5, 5.41) is 0. The van der Waals surface area contributed by atoms with E-state index in [1.807, 2.05) is 13.8 Å². The maximum atomic E-state index is 10.8. The van der Waals surface area contributed by atoms with Gasteiger partial charge >= 0.3 is 0 Å². The predicted molar refractivity (Wildman–Crippen MR) is 43.1 cm³/mol. The molecule has 0 aromatic carbocycles. The lowest BCUT2D eigenvalue weighted by Gasteiger charge is -2.25.